The summed E-state index contributed by atoms with van der Waals surface area (Å²) in [4.78, 5) is 20.7. The average molecular weight is 417 g/mol. The van der Waals surface area contributed by atoms with Crippen molar-refractivity contribution in [2.45, 2.75) is 23.0 Å². The van der Waals surface area contributed by atoms with Crippen molar-refractivity contribution < 1.29 is 13.2 Å². The molecule has 1 fully saturated rings. The Balaban J connectivity index is 1.34. The van der Waals surface area contributed by atoms with Gasteiger partial charge in [0.2, 0.25) is 0 Å². The van der Waals surface area contributed by atoms with Gasteiger partial charge in [0.15, 0.2) is 9.84 Å². The zero-order chi connectivity index (χ0) is 20.7. The summed E-state index contributed by atoms with van der Waals surface area (Å²) in [6.45, 7) is 0. The highest BCUT2D eigenvalue weighted by molar-refractivity contribution is 7.92. The minimum atomic E-state index is -3.33. The number of benzene rings is 3. The third-order valence-corrected chi connectivity index (χ3v) is 7.45. The summed E-state index contributed by atoms with van der Waals surface area (Å²) >= 11 is 0. The van der Waals surface area contributed by atoms with E-state index in [4.69, 9.17) is 0 Å². The molecule has 1 aliphatic carbocycles. The van der Waals surface area contributed by atoms with Gasteiger partial charge in [-0.3, -0.25) is 4.79 Å². The van der Waals surface area contributed by atoms with Crippen LogP contribution in [0.15, 0.2) is 77.7 Å². The lowest BCUT2D eigenvalue weighted by Gasteiger charge is -2.08. The number of nitrogens with one attached hydrogen (secondary N) is 2. The highest BCUT2D eigenvalue weighted by Gasteiger charge is 2.37. The van der Waals surface area contributed by atoms with Crippen molar-refractivity contribution in [1.82, 2.24) is 9.97 Å². The third kappa shape index (κ3) is 3.48. The molecule has 4 aromatic rings. The van der Waals surface area contributed by atoms with Crippen LogP contribution in [0.25, 0.3) is 22.4 Å². The van der Waals surface area contributed by atoms with Gasteiger partial charge in [0.05, 0.1) is 21.2 Å². The molecule has 6 nitrogen and oxygen atoms in total. The number of H-pyrrole nitrogens is 1. The Kier molecular flexibility index (Phi) is 4.40. The number of anilines is 1. The van der Waals surface area contributed by atoms with Gasteiger partial charge in [0, 0.05) is 16.8 Å². The molecule has 1 aliphatic rings. The van der Waals surface area contributed by atoms with E-state index < -0.39 is 9.84 Å². The lowest BCUT2D eigenvalue weighted by molar-refractivity contribution is 0.102. The number of hydrogen-bond donors (Lipinski definition) is 2. The van der Waals surface area contributed by atoms with Crippen molar-refractivity contribution in [1.29, 1.82) is 0 Å². The molecule has 2 N–H and O–H groups in total. The highest BCUT2D eigenvalue weighted by Crippen LogP contribution is 2.33. The number of imidazole rings is 1. The summed E-state index contributed by atoms with van der Waals surface area (Å²) in [5.41, 5.74) is 3.70. The van der Waals surface area contributed by atoms with Gasteiger partial charge in [-0.15, -0.1) is 0 Å². The van der Waals surface area contributed by atoms with Crippen LogP contribution in [0, 0.1) is 0 Å². The molecule has 3 aromatic carbocycles. The van der Waals surface area contributed by atoms with Gasteiger partial charge in [-0.05, 0) is 67.4 Å². The lowest BCUT2D eigenvalue weighted by atomic mass is 10.1. The Hall–Kier alpha value is -3.45. The third-order valence-electron chi connectivity index (χ3n) is 5.19. The zero-order valence-electron chi connectivity index (χ0n) is 16.0. The SMILES string of the molecule is O=C(Nc1ccc(-c2nc3ccccc3[nH]2)cc1)c1cccc(S(=O)(=O)C2CC2)c1. The number of amides is 1. The molecule has 0 radical (unpaired) electrons. The van der Waals surface area contributed by atoms with Crippen molar-refractivity contribution in [2.75, 3.05) is 5.32 Å². The minimum absolute atomic E-state index is 0.206. The molecule has 1 saturated carbocycles. The van der Waals surface area contributed by atoms with Crippen molar-refractivity contribution in [3.05, 3.63) is 78.4 Å². The zero-order valence-corrected chi connectivity index (χ0v) is 16.8. The number of carbonyl (C=O) groups is 1. The normalized spacial score (nSPS) is 14.0. The molecule has 7 heteroatoms. The molecular formula is C23H19N3O3S. The quantitative estimate of drug-likeness (QED) is 0.503. The first kappa shape index (κ1) is 18.6. The Morgan fingerprint density at radius 1 is 0.967 bits per heavy atom. The molecule has 1 amide bonds. The van der Waals surface area contributed by atoms with Crippen LogP contribution >= 0.6 is 0 Å². The van der Waals surface area contributed by atoms with Crippen molar-refractivity contribution in [3.8, 4) is 11.4 Å². The van der Waals surface area contributed by atoms with Crippen LogP contribution in [0.5, 0.6) is 0 Å². The van der Waals surface area contributed by atoms with E-state index in [2.05, 4.69) is 15.3 Å². The fraction of sp³-hybridized carbons (Fsp3) is 0.130. The smallest absolute Gasteiger partial charge is 0.255 e. The van der Waals surface area contributed by atoms with Crippen molar-refractivity contribution in [2.24, 2.45) is 0 Å². The second-order valence-electron chi connectivity index (χ2n) is 7.41. The molecule has 0 atom stereocenters. The second-order valence-corrected chi connectivity index (χ2v) is 9.63. The number of carbonyl (C=O) groups excluding carboxylic acids is 1. The van der Waals surface area contributed by atoms with E-state index in [1.165, 1.54) is 6.07 Å². The fourth-order valence-corrected chi connectivity index (χ4v) is 5.09. The Bertz CT molecular complexity index is 1320. The fourth-order valence-electron chi connectivity index (χ4n) is 3.39. The van der Waals surface area contributed by atoms with Crippen LogP contribution in [0.4, 0.5) is 5.69 Å². The maximum absolute atomic E-state index is 12.6. The van der Waals surface area contributed by atoms with Gasteiger partial charge < -0.3 is 10.3 Å². The number of para-hydroxylation sites is 2. The van der Waals surface area contributed by atoms with E-state index in [0.717, 1.165) is 22.4 Å². The molecule has 0 bridgehead atoms. The van der Waals surface area contributed by atoms with E-state index >= 15 is 0 Å². The topological polar surface area (TPSA) is 91.9 Å². The van der Waals surface area contributed by atoms with Gasteiger partial charge in [-0.25, -0.2) is 13.4 Å². The number of sulfone groups is 1. The Morgan fingerprint density at radius 3 is 2.47 bits per heavy atom. The molecule has 0 spiro atoms. The molecule has 0 unspecified atom stereocenters. The van der Waals surface area contributed by atoms with Crippen LogP contribution in [-0.2, 0) is 9.84 Å². The Labute approximate surface area is 173 Å². The molecule has 1 heterocycles. The summed E-state index contributed by atoms with van der Waals surface area (Å²) in [5, 5.41) is 2.52. The predicted molar refractivity (Wildman–Crippen MR) is 116 cm³/mol. The summed E-state index contributed by atoms with van der Waals surface area (Å²) in [7, 11) is -3.33. The summed E-state index contributed by atoms with van der Waals surface area (Å²) in [6, 6.07) is 21.4. The molecule has 1 aromatic heterocycles. The molecular weight excluding hydrogens is 398 g/mol. The molecule has 30 heavy (non-hydrogen) atoms. The summed E-state index contributed by atoms with van der Waals surface area (Å²) < 4.78 is 24.8. The van der Waals surface area contributed by atoms with Gasteiger partial charge in [-0.1, -0.05) is 18.2 Å². The van der Waals surface area contributed by atoms with E-state index in [9.17, 15) is 13.2 Å². The molecule has 0 aliphatic heterocycles. The Morgan fingerprint density at radius 2 is 1.73 bits per heavy atom. The lowest BCUT2D eigenvalue weighted by Crippen LogP contribution is -2.13. The van der Waals surface area contributed by atoms with Crippen LogP contribution in [0.2, 0.25) is 0 Å². The van der Waals surface area contributed by atoms with Crippen LogP contribution in [-0.4, -0.2) is 29.5 Å². The highest BCUT2D eigenvalue weighted by atomic mass is 32.2. The molecule has 0 saturated heterocycles. The number of hydrogen-bond acceptors (Lipinski definition) is 4. The van der Waals surface area contributed by atoms with Crippen LogP contribution in [0.1, 0.15) is 23.2 Å². The van der Waals surface area contributed by atoms with Gasteiger partial charge >= 0.3 is 0 Å². The number of aromatic amines is 1. The first-order chi connectivity index (χ1) is 14.5. The van der Waals surface area contributed by atoms with Crippen LogP contribution < -0.4 is 5.32 Å². The second kappa shape index (κ2) is 7.11. The number of fused-ring (bicyclic) bond motifs is 1. The molecule has 5 rings (SSSR count). The maximum Gasteiger partial charge on any atom is 0.255 e. The standard InChI is InChI=1S/C23H19N3O3S/c27-23(16-4-3-5-19(14-16)30(28,29)18-12-13-18)24-17-10-8-15(9-11-17)22-25-20-6-1-2-7-21(20)26-22/h1-11,14,18H,12-13H2,(H,24,27)(H,25,26). The van der Waals surface area contributed by atoms with Gasteiger partial charge in [0.1, 0.15) is 5.82 Å². The van der Waals surface area contributed by atoms with E-state index in [-0.39, 0.29) is 16.1 Å². The summed E-state index contributed by atoms with van der Waals surface area (Å²) in [5.74, 6) is 0.409. The molecule has 150 valence electrons. The first-order valence-corrected chi connectivity index (χ1v) is 11.3. The van der Waals surface area contributed by atoms with E-state index in [1.807, 2.05) is 36.4 Å². The largest absolute Gasteiger partial charge is 0.338 e. The number of nitrogens with zero attached hydrogens (tertiary/aromatic N) is 1. The van der Waals surface area contributed by atoms with Crippen molar-refractivity contribution in [3.63, 3.8) is 0 Å². The number of aromatic nitrogens is 2. The maximum atomic E-state index is 12.6. The van der Waals surface area contributed by atoms with Gasteiger partial charge in [0.25, 0.3) is 5.91 Å². The average Bonchev–Trinajstić information content (AvgIpc) is 3.54. The van der Waals surface area contributed by atoms with E-state index in [0.29, 0.717) is 24.1 Å². The van der Waals surface area contributed by atoms with Crippen molar-refractivity contribution >= 4 is 32.5 Å². The minimum Gasteiger partial charge on any atom is -0.338 e. The predicted octanol–water partition coefficient (Wildman–Crippen LogP) is 4.42. The number of rotatable bonds is 5. The van der Waals surface area contributed by atoms with Gasteiger partial charge in [-0.2, -0.15) is 0 Å². The first-order valence-electron chi connectivity index (χ1n) is 9.71. The van der Waals surface area contributed by atoms with E-state index in [1.54, 1.807) is 30.3 Å². The summed E-state index contributed by atoms with van der Waals surface area (Å²) in [6.07, 6.45) is 1.38. The monoisotopic (exact) mass is 417 g/mol. The van der Waals surface area contributed by atoms with Crippen LogP contribution in [0.3, 0.4) is 0 Å².